The van der Waals surface area contributed by atoms with Gasteiger partial charge in [-0.05, 0) is 36.6 Å². The molecule has 0 amide bonds. The fourth-order valence-corrected chi connectivity index (χ4v) is 3.67. The Balaban J connectivity index is 1.84. The number of anilines is 1. The summed E-state index contributed by atoms with van der Waals surface area (Å²) in [6, 6.07) is 17.5. The molecule has 5 heteroatoms. The summed E-state index contributed by atoms with van der Waals surface area (Å²) in [7, 11) is 0. The Bertz CT molecular complexity index is 1000. The third kappa shape index (κ3) is 3.06. The SMILES string of the molecule is Cc1ccc2ccc(C(Nc3ccccn3)c3cccs3)c(O)c2n1. The number of thiophene rings is 1. The minimum absolute atomic E-state index is 0.193. The molecule has 4 rings (SSSR count). The van der Waals surface area contributed by atoms with Gasteiger partial charge in [-0.15, -0.1) is 11.3 Å². The topological polar surface area (TPSA) is 58.0 Å². The van der Waals surface area contributed by atoms with Gasteiger partial charge in [-0.25, -0.2) is 9.97 Å². The Morgan fingerprint density at radius 2 is 1.92 bits per heavy atom. The fourth-order valence-electron chi connectivity index (χ4n) is 2.87. The second-order valence-electron chi connectivity index (χ2n) is 5.84. The first-order valence-electron chi connectivity index (χ1n) is 8.02. The Kier molecular flexibility index (Phi) is 4.07. The Labute approximate surface area is 149 Å². The largest absolute Gasteiger partial charge is 0.505 e. The number of rotatable bonds is 4. The van der Waals surface area contributed by atoms with E-state index >= 15 is 0 Å². The molecule has 0 bridgehead atoms. The molecule has 25 heavy (non-hydrogen) atoms. The van der Waals surface area contributed by atoms with Crippen LogP contribution in [0, 0.1) is 6.92 Å². The molecule has 0 aliphatic carbocycles. The average Bonchev–Trinajstić information content (AvgIpc) is 3.16. The van der Waals surface area contributed by atoms with Crippen LogP contribution >= 0.6 is 11.3 Å². The summed E-state index contributed by atoms with van der Waals surface area (Å²) in [6.07, 6.45) is 1.75. The van der Waals surface area contributed by atoms with Gasteiger partial charge in [0.05, 0.1) is 6.04 Å². The molecule has 3 heterocycles. The van der Waals surface area contributed by atoms with Gasteiger partial charge in [0, 0.05) is 27.7 Å². The molecule has 3 aromatic heterocycles. The molecule has 0 saturated carbocycles. The van der Waals surface area contributed by atoms with Crippen molar-refractivity contribution in [3.8, 4) is 5.75 Å². The predicted molar refractivity (Wildman–Crippen MR) is 102 cm³/mol. The van der Waals surface area contributed by atoms with Gasteiger partial charge in [-0.1, -0.05) is 30.3 Å². The van der Waals surface area contributed by atoms with E-state index in [-0.39, 0.29) is 11.8 Å². The molecule has 4 nitrogen and oxygen atoms in total. The van der Waals surface area contributed by atoms with Crippen LogP contribution in [0.1, 0.15) is 22.2 Å². The van der Waals surface area contributed by atoms with Crippen molar-refractivity contribution < 1.29 is 5.11 Å². The first-order chi connectivity index (χ1) is 12.2. The summed E-state index contributed by atoms with van der Waals surface area (Å²) in [5.74, 6) is 0.973. The van der Waals surface area contributed by atoms with Gasteiger partial charge in [0.15, 0.2) is 0 Å². The van der Waals surface area contributed by atoms with E-state index in [1.54, 1.807) is 17.5 Å². The lowest BCUT2D eigenvalue weighted by Gasteiger charge is -2.20. The molecule has 0 saturated heterocycles. The van der Waals surface area contributed by atoms with Crippen LogP contribution < -0.4 is 5.32 Å². The number of aryl methyl sites for hydroxylation is 1. The van der Waals surface area contributed by atoms with Crippen LogP contribution in [0.4, 0.5) is 5.82 Å². The summed E-state index contributed by atoms with van der Waals surface area (Å²) in [5.41, 5.74) is 2.30. The monoisotopic (exact) mass is 347 g/mol. The van der Waals surface area contributed by atoms with Crippen LogP contribution in [-0.4, -0.2) is 15.1 Å². The number of hydrogen-bond donors (Lipinski definition) is 2. The first-order valence-corrected chi connectivity index (χ1v) is 8.90. The minimum Gasteiger partial charge on any atom is -0.505 e. The number of aromatic hydroxyl groups is 1. The van der Waals surface area contributed by atoms with Gasteiger partial charge < -0.3 is 10.4 Å². The molecule has 0 radical (unpaired) electrons. The van der Waals surface area contributed by atoms with E-state index in [0.29, 0.717) is 5.52 Å². The van der Waals surface area contributed by atoms with Crippen LogP contribution in [-0.2, 0) is 0 Å². The molecular weight excluding hydrogens is 330 g/mol. The number of hydrogen-bond acceptors (Lipinski definition) is 5. The number of phenols is 1. The molecule has 2 N–H and O–H groups in total. The van der Waals surface area contributed by atoms with Crippen LogP contribution in [0.2, 0.25) is 0 Å². The van der Waals surface area contributed by atoms with Crippen molar-refractivity contribution in [2.45, 2.75) is 13.0 Å². The van der Waals surface area contributed by atoms with Crippen molar-refractivity contribution in [1.82, 2.24) is 9.97 Å². The van der Waals surface area contributed by atoms with E-state index in [2.05, 4.69) is 21.4 Å². The molecule has 1 unspecified atom stereocenters. The Morgan fingerprint density at radius 1 is 1.04 bits per heavy atom. The maximum atomic E-state index is 10.9. The second kappa shape index (κ2) is 6.53. The summed E-state index contributed by atoms with van der Waals surface area (Å²) in [6.45, 7) is 1.93. The molecule has 0 fully saturated rings. The highest BCUT2D eigenvalue weighted by atomic mass is 32.1. The number of nitrogens with zero attached hydrogens (tertiary/aromatic N) is 2. The predicted octanol–water partition coefficient (Wildman–Crippen LogP) is 4.91. The van der Waals surface area contributed by atoms with Crippen molar-refractivity contribution in [2.24, 2.45) is 0 Å². The van der Waals surface area contributed by atoms with E-state index < -0.39 is 0 Å². The zero-order valence-electron chi connectivity index (χ0n) is 13.7. The van der Waals surface area contributed by atoms with Crippen LogP contribution in [0.3, 0.4) is 0 Å². The van der Waals surface area contributed by atoms with Gasteiger partial charge in [0.25, 0.3) is 0 Å². The standard InChI is InChI=1S/C20H17N3OS/c1-13-7-8-14-9-10-15(20(24)18(14)22-13)19(16-5-4-12-25-16)23-17-6-2-3-11-21-17/h2-12,19,24H,1H3,(H,21,23). The highest BCUT2D eigenvalue weighted by Gasteiger charge is 2.21. The zero-order chi connectivity index (χ0) is 17.2. The molecular formula is C20H17N3OS. The van der Waals surface area contributed by atoms with Gasteiger partial charge in [0.2, 0.25) is 0 Å². The van der Waals surface area contributed by atoms with Crippen molar-refractivity contribution in [3.63, 3.8) is 0 Å². The first kappa shape index (κ1) is 15.6. The minimum atomic E-state index is -0.193. The number of phenolic OH excluding ortho intramolecular Hbond substituents is 1. The number of pyridine rings is 2. The maximum absolute atomic E-state index is 10.9. The lowest BCUT2D eigenvalue weighted by atomic mass is 10.0. The smallest absolute Gasteiger partial charge is 0.147 e. The summed E-state index contributed by atoms with van der Waals surface area (Å²) >= 11 is 1.64. The van der Waals surface area contributed by atoms with E-state index in [9.17, 15) is 5.11 Å². The quantitative estimate of drug-likeness (QED) is 0.551. The van der Waals surface area contributed by atoms with Gasteiger partial charge in [-0.2, -0.15) is 0 Å². The van der Waals surface area contributed by atoms with E-state index in [1.165, 1.54) is 0 Å². The molecule has 1 atom stereocenters. The highest BCUT2D eigenvalue weighted by molar-refractivity contribution is 7.10. The Hall–Kier alpha value is -2.92. The lowest BCUT2D eigenvalue weighted by molar-refractivity contribution is 0.472. The van der Waals surface area contributed by atoms with Gasteiger partial charge in [-0.3, -0.25) is 0 Å². The normalized spacial score (nSPS) is 12.2. The van der Waals surface area contributed by atoms with E-state index in [1.807, 2.05) is 60.8 Å². The van der Waals surface area contributed by atoms with Crippen LogP contribution in [0.5, 0.6) is 5.75 Å². The second-order valence-corrected chi connectivity index (χ2v) is 6.81. The average molecular weight is 347 g/mol. The molecule has 0 spiro atoms. The van der Waals surface area contributed by atoms with Crippen molar-refractivity contribution in [1.29, 1.82) is 0 Å². The van der Waals surface area contributed by atoms with Crippen molar-refractivity contribution in [3.05, 3.63) is 82.3 Å². The zero-order valence-corrected chi connectivity index (χ0v) is 14.5. The number of fused-ring (bicyclic) bond motifs is 1. The highest BCUT2D eigenvalue weighted by Crippen LogP contribution is 2.37. The maximum Gasteiger partial charge on any atom is 0.147 e. The van der Waals surface area contributed by atoms with E-state index in [4.69, 9.17) is 0 Å². The number of aromatic nitrogens is 2. The molecule has 124 valence electrons. The summed E-state index contributed by atoms with van der Waals surface area (Å²) in [4.78, 5) is 9.98. The van der Waals surface area contributed by atoms with Crippen molar-refractivity contribution >= 4 is 28.1 Å². The van der Waals surface area contributed by atoms with Crippen molar-refractivity contribution in [2.75, 3.05) is 5.32 Å². The third-order valence-electron chi connectivity index (χ3n) is 4.10. The van der Waals surface area contributed by atoms with Crippen LogP contribution in [0.15, 0.2) is 66.2 Å². The summed E-state index contributed by atoms with van der Waals surface area (Å²) < 4.78 is 0. The fraction of sp³-hybridized carbons (Fsp3) is 0.100. The lowest BCUT2D eigenvalue weighted by Crippen LogP contribution is -2.12. The van der Waals surface area contributed by atoms with Gasteiger partial charge in [0.1, 0.15) is 17.1 Å². The molecule has 0 aliphatic heterocycles. The number of nitrogens with one attached hydrogen (secondary N) is 1. The molecule has 1 aromatic carbocycles. The number of benzene rings is 1. The molecule has 0 aliphatic rings. The van der Waals surface area contributed by atoms with Gasteiger partial charge >= 0.3 is 0 Å². The third-order valence-corrected chi connectivity index (χ3v) is 5.04. The van der Waals surface area contributed by atoms with E-state index in [0.717, 1.165) is 27.3 Å². The van der Waals surface area contributed by atoms with Crippen LogP contribution in [0.25, 0.3) is 10.9 Å². The Morgan fingerprint density at radius 3 is 2.68 bits per heavy atom. The summed E-state index contributed by atoms with van der Waals surface area (Å²) in [5, 5.41) is 17.3. The molecule has 4 aromatic rings.